The molecule has 1 amide bonds. The molecule has 0 atom stereocenters. The number of hydrogen-bond acceptors (Lipinski definition) is 4. The minimum atomic E-state index is -3.83. The number of aromatic nitrogens is 2. The highest BCUT2D eigenvalue weighted by atomic mass is 32.2. The van der Waals surface area contributed by atoms with Gasteiger partial charge in [0, 0.05) is 19.7 Å². The number of amides is 1. The molecule has 1 fully saturated rings. The number of nitrogens with zero attached hydrogens (tertiary/aromatic N) is 2. The Labute approximate surface area is 132 Å². The summed E-state index contributed by atoms with van der Waals surface area (Å²) >= 11 is 0. The van der Waals surface area contributed by atoms with E-state index in [0.29, 0.717) is 11.1 Å². The second kappa shape index (κ2) is 6.02. The molecule has 7 heteroatoms. The topological polar surface area (TPSA) is 81.1 Å². The Morgan fingerprint density at radius 3 is 2.50 bits per heavy atom. The van der Waals surface area contributed by atoms with E-state index in [2.05, 4.69) is 23.7 Å². The largest absolute Gasteiger partial charge is 0.274 e. The van der Waals surface area contributed by atoms with Crippen LogP contribution in [0.2, 0.25) is 0 Å². The van der Waals surface area contributed by atoms with E-state index < -0.39 is 15.9 Å². The maximum atomic E-state index is 12.2. The fourth-order valence-electron chi connectivity index (χ4n) is 3.01. The van der Waals surface area contributed by atoms with E-state index in [1.165, 1.54) is 10.9 Å². The third kappa shape index (κ3) is 4.09. The van der Waals surface area contributed by atoms with Crippen LogP contribution in [0, 0.1) is 18.3 Å². The second-order valence-electron chi connectivity index (χ2n) is 7.09. The number of carbonyl (C=O) groups excluding carboxylic acids is 1. The van der Waals surface area contributed by atoms with Crippen LogP contribution in [0.25, 0.3) is 0 Å². The van der Waals surface area contributed by atoms with Gasteiger partial charge < -0.3 is 0 Å². The molecule has 0 aliphatic heterocycles. The van der Waals surface area contributed by atoms with Crippen molar-refractivity contribution >= 4 is 15.9 Å². The zero-order valence-electron chi connectivity index (χ0n) is 13.7. The lowest BCUT2D eigenvalue weighted by atomic mass is 9.72. The molecule has 124 valence electrons. The van der Waals surface area contributed by atoms with Crippen LogP contribution in [0.15, 0.2) is 11.1 Å². The minimum absolute atomic E-state index is 0.0631. The van der Waals surface area contributed by atoms with Gasteiger partial charge in [-0.05, 0) is 43.9 Å². The van der Waals surface area contributed by atoms with Crippen LogP contribution >= 0.6 is 0 Å². The molecule has 0 saturated heterocycles. The molecule has 0 radical (unpaired) electrons. The summed E-state index contributed by atoms with van der Waals surface area (Å²) in [6, 6.07) is 0. The zero-order valence-corrected chi connectivity index (χ0v) is 14.5. The molecule has 2 rings (SSSR count). The summed E-state index contributed by atoms with van der Waals surface area (Å²) in [5.74, 6) is -0.147. The van der Waals surface area contributed by atoms with Crippen LogP contribution in [0.4, 0.5) is 0 Å². The SMILES string of the molecule is Cc1nn(C)cc1S(=O)(=O)NC(=O)CC1CCC(C)(C)CC1. The van der Waals surface area contributed by atoms with Gasteiger partial charge in [0.25, 0.3) is 10.0 Å². The summed E-state index contributed by atoms with van der Waals surface area (Å²) < 4.78 is 28.1. The van der Waals surface area contributed by atoms with Gasteiger partial charge in [-0.1, -0.05) is 13.8 Å². The molecular weight excluding hydrogens is 302 g/mol. The monoisotopic (exact) mass is 327 g/mol. The van der Waals surface area contributed by atoms with Crippen LogP contribution in [0.1, 0.15) is 51.6 Å². The fraction of sp³-hybridized carbons (Fsp3) is 0.733. The predicted molar refractivity (Wildman–Crippen MR) is 83.6 cm³/mol. The predicted octanol–water partition coefficient (Wildman–Crippen LogP) is 2.14. The molecule has 1 aromatic heterocycles. The molecule has 1 heterocycles. The average Bonchev–Trinajstić information content (AvgIpc) is 2.71. The number of hydrogen-bond donors (Lipinski definition) is 1. The van der Waals surface area contributed by atoms with E-state index in [4.69, 9.17) is 0 Å². The first kappa shape index (κ1) is 17.0. The average molecular weight is 327 g/mol. The van der Waals surface area contributed by atoms with Crippen LogP contribution in [0.5, 0.6) is 0 Å². The Kier molecular flexibility index (Phi) is 4.65. The molecule has 0 spiro atoms. The van der Waals surface area contributed by atoms with E-state index in [1.54, 1.807) is 14.0 Å². The second-order valence-corrected chi connectivity index (χ2v) is 8.74. The molecule has 1 aliphatic carbocycles. The molecule has 6 nitrogen and oxygen atoms in total. The summed E-state index contributed by atoms with van der Waals surface area (Å²) in [5, 5.41) is 4.00. The van der Waals surface area contributed by atoms with E-state index in [0.717, 1.165) is 25.7 Å². The Morgan fingerprint density at radius 2 is 2.00 bits per heavy atom. The van der Waals surface area contributed by atoms with Gasteiger partial charge in [-0.25, -0.2) is 13.1 Å². The van der Waals surface area contributed by atoms with Crippen molar-refractivity contribution in [3.63, 3.8) is 0 Å². The number of rotatable bonds is 4. The van der Waals surface area contributed by atoms with Crippen molar-refractivity contribution in [2.45, 2.75) is 57.8 Å². The third-order valence-electron chi connectivity index (χ3n) is 4.44. The lowest BCUT2D eigenvalue weighted by Gasteiger charge is -2.33. The van der Waals surface area contributed by atoms with Gasteiger partial charge in [-0.15, -0.1) is 0 Å². The lowest BCUT2D eigenvalue weighted by Crippen LogP contribution is -2.33. The molecule has 1 aromatic rings. The lowest BCUT2D eigenvalue weighted by molar-refractivity contribution is -0.120. The van der Waals surface area contributed by atoms with Crippen molar-refractivity contribution in [2.24, 2.45) is 18.4 Å². The van der Waals surface area contributed by atoms with Crippen LogP contribution in [-0.4, -0.2) is 24.1 Å². The van der Waals surface area contributed by atoms with Gasteiger partial charge in [0.15, 0.2) is 0 Å². The fourth-order valence-corrected chi connectivity index (χ4v) is 4.23. The van der Waals surface area contributed by atoms with Crippen molar-refractivity contribution in [2.75, 3.05) is 0 Å². The summed E-state index contributed by atoms with van der Waals surface area (Å²) in [4.78, 5) is 12.1. The van der Waals surface area contributed by atoms with E-state index in [9.17, 15) is 13.2 Å². The maximum Gasteiger partial charge on any atom is 0.267 e. The van der Waals surface area contributed by atoms with E-state index in [-0.39, 0.29) is 17.2 Å². The molecule has 1 aliphatic rings. The van der Waals surface area contributed by atoms with E-state index >= 15 is 0 Å². The highest BCUT2D eigenvalue weighted by molar-refractivity contribution is 7.90. The van der Waals surface area contributed by atoms with Crippen molar-refractivity contribution in [3.05, 3.63) is 11.9 Å². The van der Waals surface area contributed by atoms with Crippen LogP contribution in [-0.2, 0) is 21.9 Å². The summed E-state index contributed by atoms with van der Waals surface area (Å²) in [6.45, 7) is 6.08. The van der Waals surface area contributed by atoms with Crippen LogP contribution < -0.4 is 4.72 Å². The molecule has 1 N–H and O–H groups in total. The molecule has 0 bridgehead atoms. The van der Waals surface area contributed by atoms with Gasteiger partial charge in [0.05, 0.1) is 5.69 Å². The standard InChI is InChI=1S/C15H25N3O3S/c1-11-13(10-18(4)16-11)22(20,21)17-14(19)9-12-5-7-15(2,3)8-6-12/h10,12H,5-9H2,1-4H3,(H,17,19). The summed E-state index contributed by atoms with van der Waals surface area (Å²) in [6.07, 6.45) is 5.81. The van der Waals surface area contributed by atoms with E-state index in [1.807, 2.05) is 0 Å². The van der Waals surface area contributed by atoms with Gasteiger partial charge in [-0.3, -0.25) is 9.48 Å². The van der Waals surface area contributed by atoms with Crippen molar-refractivity contribution in [1.29, 1.82) is 0 Å². The first-order valence-electron chi connectivity index (χ1n) is 7.65. The van der Waals surface area contributed by atoms with Gasteiger partial charge in [0.1, 0.15) is 4.90 Å². The normalized spacial score (nSPS) is 19.1. The minimum Gasteiger partial charge on any atom is -0.274 e. The zero-order chi connectivity index (χ0) is 16.5. The number of aryl methyl sites for hydroxylation is 2. The number of nitrogens with one attached hydrogen (secondary N) is 1. The Balaban J connectivity index is 1.96. The highest BCUT2D eigenvalue weighted by Gasteiger charge is 2.29. The highest BCUT2D eigenvalue weighted by Crippen LogP contribution is 2.39. The van der Waals surface area contributed by atoms with Gasteiger partial charge >= 0.3 is 0 Å². The number of sulfonamides is 1. The smallest absolute Gasteiger partial charge is 0.267 e. The summed E-state index contributed by atoms with van der Waals surface area (Å²) in [7, 11) is -2.18. The van der Waals surface area contributed by atoms with Crippen molar-refractivity contribution < 1.29 is 13.2 Å². The first-order valence-corrected chi connectivity index (χ1v) is 9.13. The van der Waals surface area contributed by atoms with Crippen molar-refractivity contribution in [1.82, 2.24) is 14.5 Å². The Hall–Kier alpha value is -1.37. The van der Waals surface area contributed by atoms with Crippen molar-refractivity contribution in [3.8, 4) is 0 Å². The first-order chi connectivity index (χ1) is 10.1. The molecular formula is C15H25N3O3S. The molecule has 22 heavy (non-hydrogen) atoms. The quantitative estimate of drug-likeness (QED) is 0.918. The number of carbonyl (C=O) groups is 1. The molecule has 1 saturated carbocycles. The molecule has 0 aromatic carbocycles. The van der Waals surface area contributed by atoms with Crippen LogP contribution in [0.3, 0.4) is 0 Å². The Morgan fingerprint density at radius 1 is 1.41 bits per heavy atom. The Bertz CT molecular complexity index is 652. The van der Waals surface area contributed by atoms with Gasteiger partial charge in [-0.2, -0.15) is 5.10 Å². The maximum absolute atomic E-state index is 12.2. The van der Waals surface area contributed by atoms with Gasteiger partial charge in [0.2, 0.25) is 5.91 Å². The molecule has 0 unspecified atom stereocenters. The third-order valence-corrected chi connectivity index (χ3v) is 5.92. The summed E-state index contributed by atoms with van der Waals surface area (Å²) in [5.41, 5.74) is 0.730.